The molecule has 0 amide bonds. The first-order valence-corrected chi connectivity index (χ1v) is 16.7. The Balaban J connectivity index is 1.26. The lowest BCUT2D eigenvalue weighted by atomic mass is 9.66. The van der Waals surface area contributed by atoms with E-state index >= 15 is 0 Å². The van der Waals surface area contributed by atoms with Crippen molar-refractivity contribution in [1.29, 1.82) is 0 Å². The molecule has 2 atom stereocenters. The summed E-state index contributed by atoms with van der Waals surface area (Å²) in [5, 5.41) is 7.48. The lowest BCUT2D eigenvalue weighted by Gasteiger charge is -2.38. The van der Waals surface area contributed by atoms with E-state index < -0.39 is 0 Å². The maximum Gasteiger partial charge on any atom is 0.137 e. The van der Waals surface area contributed by atoms with E-state index in [2.05, 4.69) is 137 Å². The van der Waals surface area contributed by atoms with E-state index in [1.807, 2.05) is 12.3 Å². The van der Waals surface area contributed by atoms with Crippen LogP contribution in [-0.2, 0) is 6.42 Å². The molecule has 5 heteroatoms. The van der Waals surface area contributed by atoms with E-state index in [9.17, 15) is 0 Å². The third-order valence-corrected chi connectivity index (χ3v) is 9.81. The third-order valence-electron chi connectivity index (χ3n) is 9.81. The van der Waals surface area contributed by atoms with Crippen LogP contribution in [-0.4, -0.2) is 19.3 Å². The summed E-state index contributed by atoms with van der Waals surface area (Å²) in [4.78, 5) is 4.77. The van der Waals surface area contributed by atoms with Crippen LogP contribution in [0.15, 0.2) is 96.7 Å². The van der Waals surface area contributed by atoms with E-state index in [-0.39, 0.29) is 5.41 Å². The molecule has 0 fully saturated rings. The van der Waals surface area contributed by atoms with Crippen LogP contribution >= 0.6 is 0 Å². The lowest BCUT2D eigenvalue weighted by molar-refractivity contribution is 0.365. The predicted octanol–water partition coefficient (Wildman–Crippen LogP) is 10.8. The molecule has 0 spiro atoms. The summed E-state index contributed by atoms with van der Waals surface area (Å²) in [6, 6.07) is 27.4. The molecule has 0 bridgehead atoms. The Morgan fingerprint density at radius 1 is 0.870 bits per heavy atom. The Bertz CT molecular complexity index is 2100. The molecule has 0 unspecified atom stereocenters. The highest BCUT2D eigenvalue weighted by Crippen LogP contribution is 2.48. The van der Waals surface area contributed by atoms with Gasteiger partial charge in [-0.1, -0.05) is 70.5 Å². The molecule has 6 aromatic rings. The average Bonchev–Trinajstić information content (AvgIpc) is 3.53. The number of hydrogen-bond acceptors (Lipinski definition) is 3. The lowest BCUT2D eigenvalue weighted by Crippen LogP contribution is -2.25. The van der Waals surface area contributed by atoms with Crippen molar-refractivity contribution in [1.82, 2.24) is 19.3 Å². The molecule has 0 aliphatic heterocycles. The summed E-state index contributed by atoms with van der Waals surface area (Å²) in [6.07, 6.45) is 7.72. The third kappa shape index (κ3) is 5.22. The van der Waals surface area contributed by atoms with Gasteiger partial charge >= 0.3 is 0 Å². The van der Waals surface area contributed by atoms with Crippen molar-refractivity contribution in [2.75, 3.05) is 0 Å². The first-order valence-electron chi connectivity index (χ1n) is 16.7. The molecule has 3 heterocycles. The van der Waals surface area contributed by atoms with Crippen molar-refractivity contribution in [3.8, 4) is 23.0 Å². The molecular weight excluding hydrogens is 564 g/mol. The van der Waals surface area contributed by atoms with Crippen LogP contribution in [0, 0.1) is 25.2 Å². The smallest absolute Gasteiger partial charge is 0.137 e. The fraction of sp³-hybridized carbons (Fsp3) is 0.317. The maximum atomic E-state index is 6.57. The van der Waals surface area contributed by atoms with Gasteiger partial charge in [0.1, 0.15) is 17.3 Å². The van der Waals surface area contributed by atoms with Crippen molar-refractivity contribution in [2.45, 2.75) is 73.6 Å². The summed E-state index contributed by atoms with van der Waals surface area (Å²) < 4.78 is 10.9. The van der Waals surface area contributed by atoms with Gasteiger partial charge in [0, 0.05) is 46.3 Å². The van der Waals surface area contributed by atoms with E-state index in [1.165, 1.54) is 34.0 Å². The minimum absolute atomic E-state index is 0.121. The van der Waals surface area contributed by atoms with Gasteiger partial charge < -0.3 is 4.74 Å². The van der Waals surface area contributed by atoms with E-state index in [1.54, 1.807) is 5.57 Å². The average molecular weight is 609 g/mol. The monoisotopic (exact) mass is 608 g/mol. The Labute approximate surface area is 272 Å². The fourth-order valence-corrected chi connectivity index (χ4v) is 7.55. The van der Waals surface area contributed by atoms with Gasteiger partial charge in [0.2, 0.25) is 0 Å². The second-order valence-electron chi connectivity index (χ2n) is 13.9. The van der Waals surface area contributed by atoms with Crippen LogP contribution in [0.5, 0.6) is 11.5 Å². The Kier molecular flexibility index (Phi) is 7.59. The van der Waals surface area contributed by atoms with Crippen molar-refractivity contribution < 1.29 is 4.74 Å². The number of aromatic nitrogens is 4. The quantitative estimate of drug-likeness (QED) is 0.177. The number of fused-ring (bicyclic) bond motifs is 3. The van der Waals surface area contributed by atoms with Crippen molar-refractivity contribution >= 4 is 21.8 Å². The molecule has 0 radical (unpaired) electrons. The molecule has 3 aromatic carbocycles. The van der Waals surface area contributed by atoms with Gasteiger partial charge in [0.05, 0.1) is 22.4 Å². The number of para-hydroxylation sites is 1. The number of allylic oxidation sites excluding steroid dienone is 2. The number of pyridine rings is 1. The van der Waals surface area contributed by atoms with E-state index in [0.717, 1.165) is 52.6 Å². The standard InChI is InChI=1S/C41H44N4O/c1-8-29-21-22-42-38(23-29)44-36-18-10-9-16-33(36)34-20-19-32(25-37(34)44)46-31-15-12-14-30(24-31)45-28(4)40(27(3)43-45)39-26(2)13-11-17-35(39)41(5,6)7/h9-10,12,14-26,39H,8,11,13H2,1-7H3/t26-,39-/m0/s1. The Hall–Kier alpha value is -4.64. The Morgan fingerprint density at radius 2 is 1.65 bits per heavy atom. The van der Waals surface area contributed by atoms with Crippen LogP contribution in [0.25, 0.3) is 33.3 Å². The minimum atomic E-state index is 0.121. The highest BCUT2D eigenvalue weighted by atomic mass is 16.5. The van der Waals surface area contributed by atoms with Gasteiger partial charge in [0.15, 0.2) is 0 Å². The number of benzene rings is 3. The topological polar surface area (TPSA) is 44.9 Å². The number of nitrogens with zero attached hydrogens (tertiary/aromatic N) is 4. The molecule has 46 heavy (non-hydrogen) atoms. The van der Waals surface area contributed by atoms with Crippen molar-refractivity contribution in [3.05, 3.63) is 119 Å². The van der Waals surface area contributed by atoms with Gasteiger partial charge in [-0.05, 0) is 92.5 Å². The first kappa shape index (κ1) is 30.0. The summed E-state index contributed by atoms with van der Waals surface area (Å²) in [5.41, 5.74) is 9.82. The Morgan fingerprint density at radius 3 is 2.46 bits per heavy atom. The molecule has 0 saturated carbocycles. The highest BCUT2D eigenvalue weighted by Gasteiger charge is 2.36. The van der Waals surface area contributed by atoms with Crippen LogP contribution in [0.1, 0.15) is 75.9 Å². The van der Waals surface area contributed by atoms with Crippen LogP contribution in [0.2, 0.25) is 0 Å². The number of aryl methyl sites for hydroxylation is 2. The summed E-state index contributed by atoms with van der Waals surface area (Å²) in [7, 11) is 0. The maximum absolute atomic E-state index is 6.57. The molecule has 0 saturated heterocycles. The largest absolute Gasteiger partial charge is 0.457 e. The van der Waals surface area contributed by atoms with Gasteiger partial charge in [-0.15, -0.1) is 0 Å². The molecule has 1 aliphatic rings. The predicted molar refractivity (Wildman–Crippen MR) is 190 cm³/mol. The SMILES string of the molecule is CCc1ccnc(-n2c3ccccc3c3ccc(Oc4cccc(-n5nc(C)c([C@@H]6C(C(C)(C)C)=CCC[C@@H]6C)c5C)c4)cc32)c1. The van der Waals surface area contributed by atoms with Crippen LogP contribution < -0.4 is 4.74 Å². The molecule has 7 rings (SSSR count). The zero-order chi connectivity index (χ0) is 32.2. The van der Waals surface area contributed by atoms with Gasteiger partial charge in [-0.3, -0.25) is 4.57 Å². The van der Waals surface area contributed by atoms with E-state index in [4.69, 9.17) is 14.8 Å². The first-order chi connectivity index (χ1) is 22.1. The molecular formula is C41H44N4O. The number of rotatable bonds is 6. The zero-order valence-electron chi connectivity index (χ0n) is 28.1. The minimum Gasteiger partial charge on any atom is -0.457 e. The summed E-state index contributed by atoms with van der Waals surface area (Å²) in [5.74, 6) is 3.44. The zero-order valence-corrected chi connectivity index (χ0v) is 28.1. The summed E-state index contributed by atoms with van der Waals surface area (Å²) in [6.45, 7) is 16.0. The molecule has 5 nitrogen and oxygen atoms in total. The molecule has 234 valence electrons. The van der Waals surface area contributed by atoms with Gasteiger partial charge in [-0.25, -0.2) is 9.67 Å². The van der Waals surface area contributed by atoms with Crippen molar-refractivity contribution in [2.24, 2.45) is 11.3 Å². The van der Waals surface area contributed by atoms with Crippen molar-refractivity contribution in [3.63, 3.8) is 0 Å². The second kappa shape index (κ2) is 11.6. The number of hydrogen-bond donors (Lipinski definition) is 0. The molecule has 1 aliphatic carbocycles. The fourth-order valence-electron chi connectivity index (χ4n) is 7.55. The summed E-state index contributed by atoms with van der Waals surface area (Å²) >= 11 is 0. The van der Waals surface area contributed by atoms with Gasteiger partial charge in [-0.2, -0.15) is 5.10 Å². The van der Waals surface area contributed by atoms with Crippen LogP contribution in [0.3, 0.4) is 0 Å². The number of ether oxygens (including phenoxy) is 1. The van der Waals surface area contributed by atoms with E-state index in [0.29, 0.717) is 11.8 Å². The molecule has 0 N–H and O–H groups in total. The normalized spacial score (nSPS) is 17.1. The van der Waals surface area contributed by atoms with Crippen LogP contribution in [0.4, 0.5) is 0 Å². The highest BCUT2D eigenvalue weighted by molar-refractivity contribution is 6.09. The second-order valence-corrected chi connectivity index (χ2v) is 13.9. The molecule has 3 aromatic heterocycles. The van der Waals surface area contributed by atoms with Gasteiger partial charge in [0.25, 0.3) is 0 Å².